The van der Waals surface area contributed by atoms with Crippen molar-refractivity contribution >= 4 is 5.91 Å². The summed E-state index contributed by atoms with van der Waals surface area (Å²) in [5, 5.41) is 6.80. The van der Waals surface area contributed by atoms with Crippen LogP contribution in [0, 0.1) is 5.92 Å². The topological polar surface area (TPSA) is 58.4 Å². The van der Waals surface area contributed by atoms with Gasteiger partial charge in [0.15, 0.2) is 0 Å². The third-order valence-corrected chi connectivity index (χ3v) is 3.14. The van der Waals surface area contributed by atoms with E-state index in [9.17, 15) is 4.79 Å². The Morgan fingerprint density at radius 2 is 2.35 bits per heavy atom. The van der Waals surface area contributed by atoms with Crippen molar-refractivity contribution in [2.45, 2.75) is 26.8 Å². The molecular weight excluding hydrogens is 218 g/mol. The molecule has 2 rings (SSSR count). The maximum Gasteiger partial charge on any atom is 0.225 e. The first-order valence-corrected chi connectivity index (χ1v) is 6.16. The van der Waals surface area contributed by atoms with Gasteiger partial charge >= 0.3 is 0 Å². The van der Waals surface area contributed by atoms with Crippen LogP contribution in [0.3, 0.4) is 0 Å². The largest absolute Gasteiger partial charge is 0.364 e. The summed E-state index contributed by atoms with van der Waals surface area (Å²) in [6.07, 6.45) is 2.59. The van der Waals surface area contributed by atoms with Crippen molar-refractivity contribution in [2.24, 2.45) is 5.92 Å². The van der Waals surface area contributed by atoms with Crippen LogP contribution in [0.2, 0.25) is 0 Å². The fourth-order valence-electron chi connectivity index (χ4n) is 2.12. The molecule has 0 bridgehead atoms. The van der Waals surface area contributed by atoms with Gasteiger partial charge in [0.2, 0.25) is 5.91 Å². The molecule has 17 heavy (non-hydrogen) atoms. The molecule has 5 nitrogen and oxygen atoms in total. The van der Waals surface area contributed by atoms with E-state index in [0.717, 1.165) is 37.3 Å². The smallest absolute Gasteiger partial charge is 0.225 e. The Morgan fingerprint density at radius 3 is 3.00 bits per heavy atom. The molecule has 1 aromatic rings. The minimum atomic E-state index is 0.153. The maximum absolute atomic E-state index is 11.5. The number of carbonyl (C=O) groups is 1. The van der Waals surface area contributed by atoms with Gasteiger partial charge < -0.3 is 9.84 Å². The molecule has 1 aliphatic heterocycles. The average Bonchev–Trinajstić information content (AvgIpc) is 2.70. The van der Waals surface area contributed by atoms with E-state index in [1.165, 1.54) is 0 Å². The molecule has 94 valence electrons. The monoisotopic (exact) mass is 237 g/mol. The summed E-state index contributed by atoms with van der Waals surface area (Å²) in [6, 6.07) is 0. The zero-order valence-corrected chi connectivity index (χ0v) is 10.4. The minimum absolute atomic E-state index is 0.153. The SMILES string of the molecule is CCNC(=O)C1CN(Cc2conc2CC)C1. The first-order chi connectivity index (χ1) is 8.24. The number of nitrogens with one attached hydrogen (secondary N) is 1. The molecule has 0 atom stereocenters. The van der Waals surface area contributed by atoms with Gasteiger partial charge in [-0.1, -0.05) is 12.1 Å². The van der Waals surface area contributed by atoms with E-state index >= 15 is 0 Å². The lowest BCUT2D eigenvalue weighted by Gasteiger charge is -2.37. The molecule has 1 N–H and O–H groups in total. The van der Waals surface area contributed by atoms with Crippen LogP contribution in [0.4, 0.5) is 0 Å². The maximum atomic E-state index is 11.5. The number of hydrogen-bond donors (Lipinski definition) is 1. The molecule has 1 amide bonds. The van der Waals surface area contributed by atoms with Crippen LogP contribution in [0.25, 0.3) is 0 Å². The van der Waals surface area contributed by atoms with Gasteiger partial charge in [-0.05, 0) is 13.3 Å². The Morgan fingerprint density at radius 1 is 1.59 bits per heavy atom. The van der Waals surface area contributed by atoms with Crippen LogP contribution in [-0.2, 0) is 17.8 Å². The fraction of sp³-hybridized carbons (Fsp3) is 0.667. The van der Waals surface area contributed by atoms with Gasteiger partial charge in [0.1, 0.15) is 6.26 Å². The highest BCUT2D eigenvalue weighted by Crippen LogP contribution is 2.20. The lowest BCUT2D eigenvalue weighted by atomic mass is 9.98. The molecule has 5 heteroatoms. The fourth-order valence-corrected chi connectivity index (χ4v) is 2.12. The minimum Gasteiger partial charge on any atom is -0.364 e. The van der Waals surface area contributed by atoms with Crippen molar-refractivity contribution in [1.82, 2.24) is 15.4 Å². The molecule has 0 spiro atoms. The highest BCUT2D eigenvalue weighted by molar-refractivity contribution is 5.79. The molecule has 1 aliphatic rings. The van der Waals surface area contributed by atoms with Crippen molar-refractivity contribution in [3.63, 3.8) is 0 Å². The van der Waals surface area contributed by atoms with Gasteiger partial charge in [-0.2, -0.15) is 0 Å². The number of aromatic nitrogens is 1. The van der Waals surface area contributed by atoms with Gasteiger partial charge in [-0.25, -0.2) is 0 Å². The Kier molecular flexibility index (Phi) is 3.78. The summed E-state index contributed by atoms with van der Waals surface area (Å²) in [4.78, 5) is 13.8. The van der Waals surface area contributed by atoms with E-state index < -0.39 is 0 Å². The van der Waals surface area contributed by atoms with E-state index in [1.54, 1.807) is 6.26 Å². The quantitative estimate of drug-likeness (QED) is 0.823. The summed E-state index contributed by atoms with van der Waals surface area (Å²) in [5.74, 6) is 0.324. The zero-order chi connectivity index (χ0) is 12.3. The Hall–Kier alpha value is -1.36. The van der Waals surface area contributed by atoms with Crippen molar-refractivity contribution in [1.29, 1.82) is 0 Å². The molecule has 0 unspecified atom stereocenters. The summed E-state index contributed by atoms with van der Waals surface area (Å²) in [5.41, 5.74) is 2.16. The predicted molar refractivity (Wildman–Crippen MR) is 63.3 cm³/mol. The van der Waals surface area contributed by atoms with Crippen LogP contribution >= 0.6 is 0 Å². The summed E-state index contributed by atoms with van der Waals surface area (Å²) < 4.78 is 4.96. The van der Waals surface area contributed by atoms with Gasteiger partial charge in [-0.3, -0.25) is 9.69 Å². The van der Waals surface area contributed by atoms with Crippen LogP contribution in [0.15, 0.2) is 10.8 Å². The van der Waals surface area contributed by atoms with Crippen molar-refractivity contribution < 1.29 is 9.32 Å². The molecule has 2 heterocycles. The number of carbonyl (C=O) groups excluding carboxylic acids is 1. The van der Waals surface area contributed by atoms with E-state index in [2.05, 4.69) is 22.3 Å². The highest BCUT2D eigenvalue weighted by atomic mass is 16.5. The van der Waals surface area contributed by atoms with Crippen molar-refractivity contribution in [2.75, 3.05) is 19.6 Å². The molecule has 0 saturated carbocycles. The molecular formula is C12H19N3O2. The first kappa shape index (κ1) is 12.1. The number of rotatable bonds is 5. The molecule has 0 aliphatic carbocycles. The van der Waals surface area contributed by atoms with E-state index in [4.69, 9.17) is 4.52 Å². The average molecular weight is 237 g/mol. The standard InChI is InChI=1S/C12H19N3O2/c1-3-11-10(8-17-14-11)7-15-5-9(6-15)12(16)13-4-2/h8-9H,3-7H2,1-2H3,(H,13,16). The van der Waals surface area contributed by atoms with Crippen LogP contribution in [0.5, 0.6) is 0 Å². The lowest BCUT2D eigenvalue weighted by Crippen LogP contribution is -2.53. The van der Waals surface area contributed by atoms with E-state index in [-0.39, 0.29) is 11.8 Å². The molecule has 1 saturated heterocycles. The Balaban J connectivity index is 1.79. The molecule has 1 fully saturated rings. The highest BCUT2D eigenvalue weighted by Gasteiger charge is 2.32. The third kappa shape index (κ3) is 2.66. The van der Waals surface area contributed by atoms with Crippen molar-refractivity contribution in [3.8, 4) is 0 Å². The second kappa shape index (κ2) is 5.31. The summed E-state index contributed by atoms with van der Waals surface area (Å²) >= 11 is 0. The number of hydrogen-bond acceptors (Lipinski definition) is 4. The van der Waals surface area contributed by atoms with Gasteiger partial charge in [0.05, 0.1) is 11.6 Å². The summed E-state index contributed by atoms with van der Waals surface area (Å²) in [6.45, 7) is 7.22. The number of amides is 1. The molecule has 0 aromatic carbocycles. The van der Waals surface area contributed by atoms with Crippen molar-refractivity contribution in [3.05, 3.63) is 17.5 Å². The second-order valence-corrected chi connectivity index (χ2v) is 4.43. The Labute approximate surface area is 101 Å². The van der Waals surface area contributed by atoms with Gasteiger partial charge in [-0.15, -0.1) is 0 Å². The predicted octanol–water partition coefficient (Wildman–Crippen LogP) is 0.805. The van der Waals surface area contributed by atoms with Gasteiger partial charge in [0.25, 0.3) is 0 Å². The third-order valence-electron chi connectivity index (χ3n) is 3.14. The second-order valence-electron chi connectivity index (χ2n) is 4.43. The van der Waals surface area contributed by atoms with Crippen LogP contribution in [-0.4, -0.2) is 35.6 Å². The molecule has 0 radical (unpaired) electrons. The zero-order valence-electron chi connectivity index (χ0n) is 10.4. The number of nitrogens with zero attached hydrogens (tertiary/aromatic N) is 2. The Bertz CT molecular complexity index is 383. The van der Waals surface area contributed by atoms with Crippen LogP contribution < -0.4 is 5.32 Å². The number of aryl methyl sites for hydroxylation is 1. The number of likely N-dealkylation sites (tertiary alicyclic amines) is 1. The van der Waals surface area contributed by atoms with E-state index in [1.807, 2.05) is 6.92 Å². The normalized spacial score (nSPS) is 16.8. The van der Waals surface area contributed by atoms with Gasteiger partial charge in [0, 0.05) is 31.7 Å². The van der Waals surface area contributed by atoms with E-state index in [0.29, 0.717) is 6.54 Å². The lowest BCUT2D eigenvalue weighted by molar-refractivity contribution is -0.130. The first-order valence-electron chi connectivity index (χ1n) is 6.16. The summed E-state index contributed by atoms with van der Waals surface area (Å²) in [7, 11) is 0. The van der Waals surface area contributed by atoms with Crippen LogP contribution in [0.1, 0.15) is 25.1 Å². The molecule has 1 aromatic heterocycles.